The fraction of sp³-hybridized carbons (Fsp3) is 0. The number of hydrogen-bond acceptors (Lipinski definition) is 2. The van der Waals surface area contributed by atoms with Gasteiger partial charge in [-0.25, -0.2) is 0 Å². The highest BCUT2D eigenvalue weighted by Crippen LogP contribution is 2.44. The van der Waals surface area contributed by atoms with Crippen molar-refractivity contribution >= 4 is 82.1 Å². The number of nitrogens with zero attached hydrogens (tertiary/aromatic N) is 1. The highest BCUT2D eigenvalue weighted by molar-refractivity contribution is 6.14. The number of fused-ring (bicyclic) bond motifs is 8. The molecule has 0 spiro atoms. The Labute approximate surface area is 347 Å². The van der Waals surface area contributed by atoms with Crippen molar-refractivity contribution in [2.75, 3.05) is 4.90 Å². The Balaban J connectivity index is 0.991. The van der Waals surface area contributed by atoms with Gasteiger partial charge >= 0.3 is 0 Å². The first-order valence-electron chi connectivity index (χ1n) is 20.6. The summed E-state index contributed by atoms with van der Waals surface area (Å²) >= 11 is 0. The van der Waals surface area contributed by atoms with E-state index < -0.39 is 0 Å². The molecule has 280 valence electrons. The number of benzene rings is 11. The predicted molar refractivity (Wildman–Crippen MR) is 255 cm³/mol. The van der Waals surface area contributed by atoms with Crippen LogP contribution in [-0.2, 0) is 0 Å². The van der Waals surface area contributed by atoms with Crippen molar-refractivity contribution in [2.45, 2.75) is 0 Å². The van der Waals surface area contributed by atoms with Crippen molar-refractivity contribution in [2.24, 2.45) is 0 Å². The smallest absolute Gasteiger partial charge is 0.137 e. The zero-order valence-corrected chi connectivity index (χ0v) is 32.7. The van der Waals surface area contributed by atoms with Crippen molar-refractivity contribution in [1.29, 1.82) is 0 Å². The second-order valence-corrected chi connectivity index (χ2v) is 15.7. The summed E-state index contributed by atoms with van der Waals surface area (Å²) in [4.78, 5) is 2.37. The van der Waals surface area contributed by atoms with Crippen LogP contribution in [0.1, 0.15) is 0 Å². The molecule has 0 aliphatic rings. The Morgan fingerprint density at radius 1 is 0.267 bits per heavy atom. The maximum absolute atomic E-state index is 6.64. The van der Waals surface area contributed by atoms with Gasteiger partial charge in [-0.3, -0.25) is 0 Å². The Hall–Kier alpha value is -7.94. The van der Waals surface area contributed by atoms with Crippen LogP contribution < -0.4 is 4.90 Å². The number of hydrogen-bond donors (Lipinski definition) is 0. The first-order valence-corrected chi connectivity index (χ1v) is 20.6. The molecule has 60 heavy (non-hydrogen) atoms. The van der Waals surface area contributed by atoms with Gasteiger partial charge in [0.2, 0.25) is 0 Å². The number of anilines is 3. The lowest BCUT2D eigenvalue weighted by atomic mass is 9.92. The molecule has 0 aliphatic carbocycles. The van der Waals surface area contributed by atoms with Gasteiger partial charge in [0.05, 0.1) is 5.69 Å². The molecule has 2 heteroatoms. The highest BCUT2D eigenvalue weighted by Gasteiger charge is 2.20. The van der Waals surface area contributed by atoms with E-state index in [4.69, 9.17) is 4.42 Å². The monoisotopic (exact) mass is 763 g/mol. The maximum atomic E-state index is 6.64. The molecule has 0 aliphatic heterocycles. The lowest BCUT2D eigenvalue weighted by Gasteiger charge is -2.28. The molecule has 0 fully saturated rings. The van der Waals surface area contributed by atoms with E-state index in [0.717, 1.165) is 50.1 Å². The van der Waals surface area contributed by atoms with Crippen LogP contribution in [0.15, 0.2) is 229 Å². The third-order valence-electron chi connectivity index (χ3n) is 12.2. The van der Waals surface area contributed by atoms with Crippen molar-refractivity contribution in [3.63, 3.8) is 0 Å². The molecule has 11 aromatic carbocycles. The fourth-order valence-corrected chi connectivity index (χ4v) is 9.22. The van der Waals surface area contributed by atoms with Gasteiger partial charge in [-0.05, 0) is 126 Å². The van der Waals surface area contributed by atoms with Gasteiger partial charge in [0.1, 0.15) is 11.2 Å². The average molecular weight is 764 g/mol. The van der Waals surface area contributed by atoms with E-state index in [1.54, 1.807) is 0 Å². The van der Waals surface area contributed by atoms with Crippen LogP contribution in [0.4, 0.5) is 17.1 Å². The molecule has 0 unspecified atom stereocenters. The van der Waals surface area contributed by atoms with E-state index in [2.05, 4.69) is 229 Å². The molecular weight excluding hydrogens is 727 g/mol. The Bertz CT molecular complexity index is 3600. The molecule has 0 bridgehead atoms. The summed E-state index contributed by atoms with van der Waals surface area (Å²) in [6.45, 7) is 0. The van der Waals surface area contributed by atoms with Gasteiger partial charge in [0, 0.05) is 33.8 Å². The molecule has 12 rings (SSSR count). The molecule has 0 atom stereocenters. The van der Waals surface area contributed by atoms with E-state index in [-0.39, 0.29) is 0 Å². The van der Waals surface area contributed by atoms with Crippen molar-refractivity contribution < 1.29 is 4.42 Å². The number of rotatable bonds is 6. The van der Waals surface area contributed by atoms with Crippen LogP contribution in [0.5, 0.6) is 0 Å². The zero-order chi connectivity index (χ0) is 39.6. The third-order valence-corrected chi connectivity index (χ3v) is 12.2. The van der Waals surface area contributed by atoms with Gasteiger partial charge in [0.25, 0.3) is 0 Å². The van der Waals surface area contributed by atoms with Crippen LogP contribution in [0.3, 0.4) is 0 Å². The molecule has 0 N–H and O–H groups in total. The topological polar surface area (TPSA) is 16.4 Å². The molecule has 1 aromatic heterocycles. The predicted octanol–water partition coefficient (Wildman–Crippen LogP) is 16.7. The van der Waals surface area contributed by atoms with Crippen molar-refractivity contribution in [1.82, 2.24) is 0 Å². The fourth-order valence-electron chi connectivity index (χ4n) is 9.22. The summed E-state index contributed by atoms with van der Waals surface area (Å²) in [5, 5.41) is 12.2. The first-order chi connectivity index (χ1) is 29.7. The molecule has 1 heterocycles. The minimum Gasteiger partial charge on any atom is -0.456 e. The van der Waals surface area contributed by atoms with Crippen LogP contribution >= 0.6 is 0 Å². The second-order valence-electron chi connectivity index (χ2n) is 15.7. The van der Waals surface area contributed by atoms with E-state index in [0.29, 0.717) is 0 Å². The van der Waals surface area contributed by atoms with E-state index in [1.165, 1.54) is 65.3 Å². The van der Waals surface area contributed by atoms with Gasteiger partial charge < -0.3 is 9.32 Å². The Morgan fingerprint density at radius 3 is 1.60 bits per heavy atom. The SMILES string of the molecule is c1ccc(N(c2ccc(-c3ccc4ccccc4c3)cc2)c2ccc3c(c2)oc2cc4ccccc4cc23)c(-c2ccc(-c3cc4ccccc4c4ccccc34)cc2)c1. The Kier molecular flexibility index (Phi) is 7.89. The Morgan fingerprint density at radius 2 is 0.817 bits per heavy atom. The lowest BCUT2D eigenvalue weighted by molar-refractivity contribution is 0.669. The van der Waals surface area contributed by atoms with E-state index in [1.807, 2.05) is 0 Å². The minimum atomic E-state index is 0.861. The third kappa shape index (κ3) is 5.73. The molecule has 0 amide bonds. The van der Waals surface area contributed by atoms with Crippen molar-refractivity contribution in [3.8, 4) is 33.4 Å². The van der Waals surface area contributed by atoms with Crippen LogP contribution in [0, 0.1) is 0 Å². The summed E-state index contributed by atoms with van der Waals surface area (Å²) in [7, 11) is 0. The standard InChI is InChI=1S/C58H37NO/c1-2-12-42-33-45(26-21-38(42)11-1)39-27-29-47(30-28-39)59(48-31-32-53-55-34-43-13-3-4-14-44(43)36-57(55)60-58(53)37-48)56-20-10-9-17-50(56)40-22-24-41(25-23-40)54-35-46-15-5-6-16-49(46)51-18-7-8-19-52(51)54/h1-37H. The largest absolute Gasteiger partial charge is 0.456 e. The lowest BCUT2D eigenvalue weighted by Crippen LogP contribution is -2.11. The summed E-state index contributed by atoms with van der Waals surface area (Å²) in [6, 6.07) is 81.3. The molecule has 12 aromatic rings. The highest BCUT2D eigenvalue weighted by atomic mass is 16.3. The summed E-state index contributed by atoms with van der Waals surface area (Å²) in [5.74, 6) is 0. The molecular formula is C58H37NO. The van der Waals surface area contributed by atoms with E-state index in [9.17, 15) is 0 Å². The number of para-hydroxylation sites is 1. The minimum absolute atomic E-state index is 0.861. The molecule has 2 nitrogen and oxygen atoms in total. The van der Waals surface area contributed by atoms with Crippen LogP contribution in [0.25, 0.3) is 98.4 Å². The first kappa shape index (κ1) is 34.1. The molecule has 0 saturated carbocycles. The zero-order valence-electron chi connectivity index (χ0n) is 32.7. The van der Waals surface area contributed by atoms with E-state index >= 15 is 0 Å². The quantitative estimate of drug-likeness (QED) is 0.157. The van der Waals surface area contributed by atoms with Crippen molar-refractivity contribution in [3.05, 3.63) is 224 Å². The molecule has 0 saturated heterocycles. The van der Waals surface area contributed by atoms with Gasteiger partial charge in [0.15, 0.2) is 0 Å². The second kappa shape index (κ2) is 13.9. The van der Waals surface area contributed by atoms with Crippen LogP contribution in [-0.4, -0.2) is 0 Å². The summed E-state index contributed by atoms with van der Waals surface area (Å²) < 4.78 is 6.64. The molecule has 0 radical (unpaired) electrons. The van der Waals surface area contributed by atoms with Crippen LogP contribution in [0.2, 0.25) is 0 Å². The normalized spacial score (nSPS) is 11.7. The summed E-state index contributed by atoms with van der Waals surface area (Å²) in [5.41, 5.74) is 12.0. The number of furan rings is 1. The van der Waals surface area contributed by atoms with Gasteiger partial charge in [-0.2, -0.15) is 0 Å². The summed E-state index contributed by atoms with van der Waals surface area (Å²) in [6.07, 6.45) is 0. The maximum Gasteiger partial charge on any atom is 0.137 e. The average Bonchev–Trinajstić information content (AvgIpc) is 3.67. The van der Waals surface area contributed by atoms with Gasteiger partial charge in [-0.1, -0.05) is 164 Å². The van der Waals surface area contributed by atoms with Gasteiger partial charge in [-0.15, -0.1) is 0 Å².